The summed E-state index contributed by atoms with van der Waals surface area (Å²) in [6.07, 6.45) is -4.39. The van der Waals surface area contributed by atoms with Crippen LogP contribution in [0.2, 0.25) is 0 Å². The van der Waals surface area contributed by atoms with E-state index >= 15 is 0 Å². The minimum Gasteiger partial charge on any atom is -0.456 e. The molecule has 20 aromatic rings. The zero-order chi connectivity index (χ0) is 106. The van der Waals surface area contributed by atoms with Crippen LogP contribution in [0.3, 0.4) is 0 Å². The first-order valence-electron chi connectivity index (χ1n) is 51.4. The first kappa shape index (κ1) is 77.0. The first-order valence-corrected chi connectivity index (χ1v) is 45.4. The molecule has 0 fully saturated rings. The van der Waals surface area contributed by atoms with Crippen LogP contribution in [-0.4, -0.2) is 0 Å². The van der Waals surface area contributed by atoms with Crippen LogP contribution in [-0.2, 0) is 47.3 Å². The Morgan fingerprint density at radius 1 is 0.319 bits per heavy atom. The number of aryl methyl sites for hydroxylation is 7. The van der Waals surface area contributed by atoms with Crippen molar-refractivity contribution in [3.8, 4) is 89.5 Å². The number of rotatable bonds is 15. The van der Waals surface area contributed by atoms with E-state index in [9.17, 15) is 1.37 Å². The van der Waals surface area contributed by atoms with Gasteiger partial charge < -0.3 is 17.7 Å². The van der Waals surface area contributed by atoms with Gasteiger partial charge in [0.15, 0.2) is 45.5 Å². The van der Waals surface area contributed by atoms with Gasteiger partial charge in [0.1, 0.15) is 72.9 Å². The maximum atomic E-state index is 9.19. The highest BCUT2D eigenvalue weighted by Gasteiger charge is 2.32. The number of hydrogen-bond donors (Lipinski definition) is 0. The minimum atomic E-state index is -2.75. The monoisotopic (exact) mass is 1780 g/mol. The van der Waals surface area contributed by atoms with E-state index in [1.54, 1.807) is 36.7 Å². The number of hydrogen-bond acceptors (Lipinski definition) is 4. The Hall–Kier alpha value is -15.6. The maximum Gasteiger partial charge on any atom is 0.216 e. The van der Waals surface area contributed by atoms with Crippen molar-refractivity contribution in [3.05, 3.63) is 380 Å². The predicted molar refractivity (Wildman–Crippen MR) is 556 cm³/mol. The third-order valence-electron chi connectivity index (χ3n) is 25.4. The van der Waals surface area contributed by atoms with E-state index in [4.69, 9.17) is 59.0 Å². The standard InChI is InChI=1S/3C31H29N2O.C30H27N2O/c1-19(2)14-22-16-21(4)33(6)27(17-22)29-20(3)15-26(23-10-8-7-9-11-23)30-25-13-12-24(32-5)18-28(25)34-31(29)30;1-19(2)14-22-15-21(4)33(6)27(16-22)29-20(3)12-13-25-30-26(23-10-8-7-9-11-23)17-24(32-5)18-28(30)34-31(25)29;1-19(2)14-22-15-21(4)33(6)28(16-22)30-20(3)12-13-24-26-17-25(23-10-8-7-9-11-23)27(32-5)18-29(26)34-31(24)30;1-18(2)22-15-20(4)32(6)26(16-22)28-19(3)14-25(21-10-8-7-9-11-21)29-24-13-12-23(31-5)17-27(24)33-30(28)29/h3*7-13,15-19H,14H2,1-4,6H3;7-18H,1-4,6H3/q4*+1/i3*14D2;1D3,15D,16D,18D. The number of fused-ring (bicyclic) bond motifs is 12. The first-order chi connectivity index (χ1) is 69.7. The lowest BCUT2D eigenvalue weighted by molar-refractivity contribution is -0.666. The van der Waals surface area contributed by atoms with Gasteiger partial charge in [0.05, 0.1) is 51.3 Å². The minimum absolute atomic E-state index is 0.138. The van der Waals surface area contributed by atoms with Crippen LogP contribution in [0.5, 0.6) is 0 Å². The lowest BCUT2D eigenvalue weighted by Crippen LogP contribution is -2.35. The number of benzene rings is 12. The molecule has 0 amide bonds. The Kier molecular flexibility index (Phi) is 21.6. The molecule has 12 aromatic carbocycles. The van der Waals surface area contributed by atoms with Gasteiger partial charge in [-0.05, 0) is 202 Å². The van der Waals surface area contributed by atoms with Crippen molar-refractivity contribution in [1.82, 2.24) is 0 Å². The number of furan rings is 4. The number of aromatic nitrogens is 4. The van der Waals surface area contributed by atoms with Crippen molar-refractivity contribution < 1.29 is 52.4 Å². The molecule has 135 heavy (non-hydrogen) atoms. The zero-order valence-corrected chi connectivity index (χ0v) is 79.7. The summed E-state index contributed by atoms with van der Waals surface area (Å²) in [6, 6.07) is 82.7. The largest absolute Gasteiger partial charge is 0.456 e. The fourth-order valence-corrected chi connectivity index (χ4v) is 18.5. The van der Waals surface area contributed by atoms with Crippen LogP contribution in [0.25, 0.3) is 197 Å². The lowest BCUT2D eigenvalue weighted by Gasteiger charge is -2.13. The highest BCUT2D eigenvalue weighted by molar-refractivity contribution is 6.20. The molecule has 0 saturated heterocycles. The molecule has 0 spiro atoms. The van der Waals surface area contributed by atoms with E-state index in [-0.39, 0.29) is 35.4 Å². The van der Waals surface area contributed by atoms with Gasteiger partial charge in [-0.25, -0.2) is 19.4 Å². The van der Waals surface area contributed by atoms with Gasteiger partial charge in [0.25, 0.3) is 0 Å². The van der Waals surface area contributed by atoms with Crippen LogP contribution in [0, 0.1) is 99.4 Å². The molecular formula is C123H114N8O4+4. The van der Waals surface area contributed by atoms with E-state index in [0.29, 0.717) is 84.3 Å². The Labute approximate surface area is 809 Å². The van der Waals surface area contributed by atoms with E-state index in [0.717, 1.165) is 177 Å². The zero-order valence-electron chi connectivity index (χ0n) is 91.7. The van der Waals surface area contributed by atoms with E-state index in [2.05, 4.69) is 115 Å². The molecule has 8 heterocycles. The SMILES string of the molecule is [2H]C([2H])(c1cc(C)[n+](C)c(-c2c(C)cc(-c3ccccc3)c3c2oc2cc([N+]#[C-])ccc23)c1)C(C)C.[2H]C([2H])(c1cc(C)[n+](C)c(-c2c(C)ccc3c2oc2cc([N+]#[C-])c(-c4ccccc4)cc23)c1)C(C)C.[2H]C([2H])(c1cc(C)[n+](C)c(-c2c(C)ccc3c2oc2cc([N+]#[C-])cc(-c4ccccc4)c23)c1)C(C)C.[2H]c1c(C([2H])(C)C([2H])([2H])[2H])c([2H])c(-c2c(C)cc(-c3ccccc3)c3c2oc2cc([N+]#[C-])ccc23)[n+](C)c1C. The van der Waals surface area contributed by atoms with Gasteiger partial charge in [-0.2, -0.15) is 18.3 Å². The summed E-state index contributed by atoms with van der Waals surface area (Å²) in [5.74, 6) is -2.67. The average molecular weight is 1780 g/mol. The fourth-order valence-electron chi connectivity index (χ4n) is 18.5. The van der Waals surface area contributed by atoms with Crippen LogP contribution in [0.4, 0.5) is 22.7 Å². The molecule has 0 aliphatic carbocycles. The summed E-state index contributed by atoms with van der Waals surface area (Å²) in [7, 11) is 7.75. The predicted octanol–water partition coefficient (Wildman–Crippen LogP) is 32.4. The Bertz CT molecular complexity index is 8910. The summed E-state index contributed by atoms with van der Waals surface area (Å²) in [6.45, 7) is 56.1. The molecule has 12 heteroatoms. The van der Waals surface area contributed by atoms with Crippen LogP contribution in [0.15, 0.2) is 285 Å². The topological polar surface area (TPSA) is 85.5 Å². The molecule has 0 radical (unpaired) electrons. The molecule has 0 bridgehead atoms. The molecule has 666 valence electrons. The smallest absolute Gasteiger partial charge is 0.216 e. The van der Waals surface area contributed by atoms with E-state index in [1.165, 1.54) is 6.92 Å². The molecule has 1 atom stereocenters. The second kappa shape index (κ2) is 37.9. The fraction of sp³-hybridized carbons (Fsp3) is 0.220. The second-order valence-corrected chi connectivity index (χ2v) is 36.0. The summed E-state index contributed by atoms with van der Waals surface area (Å²) in [5, 5.41) is 7.50. The Morgan fingerprint density at radius 2 is 0.674 bits per heavy atom. The molecular weight excluding hydrogens is 1650 g/mol. The van der Waals surface area contributed by atoms with Crippen molar-refractivity contribution in [2.75, 3.05) is 0 Å². The normalized spacial score (nSPS) is 13.6. The lowest BCUT2D eigenvalue weighted by atomic mass is 9.91. The Morgan fingerprint density at radius 3 is 1.09 bits per heavy atom. The molecule has 0 N–H and O–H groups in total. The maximum absolute atomic E-state index is 9.19. The summed E-state index contributed by atoms with van der Waals surface area (Å²) in [4.78, 5) is 14.6. The van der Waals surface area contributed by atoms with Crippen LogP contribution < -0.4 is 18.3 Å². The highest BCUT2D eigenvalue weighted by atomic mass is 16.3. The highest BCUT2D eigenvalue weighted by Crippen LogP contribution is 2.50. The third kappa shape index (κ3) is 17.8. The Balaban J connectivity index is 0.000000134. The van der Waals surface area contributed by atoms with Crippen molar-refractivity contribution in [1.29, 1.82) is 0 Å². The number of nitrogens with zero attached hydrogens (tertiary/aromatic N) is 8. The average Bonchev–Trinajstić information content (AvgIpc) is 1.68. The summed E-state index contributed by atoms with van der Waals surface area (Å²) in [5.41, 5.74) is 31.0. The van der Waals surface area contributed by atoms with Gasteiger partial charge in [0, 0.05) is 133 Å². The van der Waals surface area contributed by atoms with Crippen molar-refractivity contribution in [2.24, 2.45) is 45.9 Å². The molecule has 1 unspecified atom stereocenters. The summed E-state index contributed by atoms with van der Waals surface area (Å²) < 4.78 is 137. The molecule has 0 aliphatic heterocycles. The molecule has 12 nitrogen and oxygen atoms in total. The van der Waals surface area contributed by atoms with Crippen molar-refractivity contribution in [2.45, 2.75) is 136 Å². The van der Waals surface area contributed by atoms with Gasteiger partial charge >= 0.3 is 0 Å². The third-order valence-corrected chi connectivity index (χ3v) is 25.4. The van der Waals surface area contributed by atoms with E-state index < -0.39 is 31.9 Å². The molecule has 20 rings (SSSR count). The van der Waals surface area contributed by atoms with Crippen LogP contribution in [0.1, 0.15) is 145 Å². The molecule has 8 aromatic heterocycles. The van der Waals surface area contributed by atoms with Crippen molar-refractivity contribution in [3.63, 3.8) is 0 Å². The van der Waals surface area contributed by atoms with Gasteiger partial charge in [-0.1, -0.05) is 231 Å². The molecule has 0 saturated carbocycles. The summed E-state index contributed by atoms with van der Waals surface area (Å²) >= 11 is 0. The quantitative estimate of drug-likeness (QED) is 0.0756. The van der Waals surface area contributed by atoms with E-state index in [1.807, 2.05) is 266 Å². The van der Waals surface area contributed by atoms with Gasteiger partial charge in [-0.3, -0.25) is 0 Å². The second-order valence-electron chi connectivity index (χ2n) is 36.0. The van der Waals surface area contributed by atoms with Gasteiger partial charge in [-0.15, -0.1) is 0 Å². The number of pyridine rings is 4. The van der Waals surface area contributed by atoms with Crippen molar-refractivity contribution >= 4 is 111 Å². The van der Waals surface area contributed by atoms with Gasteiger partial charge in [0.2, 0.25) is 22.8 Å². The molecule has 0 aliphatic rings. The van der Waals surface area contributed by atoms with Crippen LogP contribution >= 0.6 is 0 Å².